The first-order valence-electron chi connectivity index (χ1n) is 37.4. The molecule has 19 nitrogen and oxygen atoms in total. The number of allylic oxidation sites excluding steroid dienone is 8. The van der Waals surface area contributed by atoms with Crippen LogP contribution in [0.15, 0.2) is 48.6 Å². The van der Waals surface area contributed by atoms with Crippen LogP contribution in [0.25, 0.3) is 0 Å². The second-order valence-corrected chi connectivity index (χ2v) is 26.7. The molecule has 0 radical (unpaired) electrons. The molecule has 0 aliphatic carbocycles. The normalized spacial score (nSPS) is 27.8. The molecular weight excluding hydrogens is 1190 g/mol. The van der Waals surface area contributed by atoms with Crippen LogP contribution < -0.4 is 5.32 Å². The van der Waals surface area contributed by atoms with Crippen molar-refractivity contribution in [2.24, 2.45) is 0 Å². The van der Waals surface area contributed by atoms with Gasteiger partial charge in [-0.05, 0) is 51.4 Å². The van der Waals surface area contributed by atoms with Gasteiger partial charge in [0.05, 0.1) is 38.6 Å². The first-order valence-corrected chi connectivity index (χ1v) is 37.4. The molecule has 17 atom stereocenters. The van der Waals surface area contributed by atoms with Gasteiger partial charge >= 0.3 is 0 Å². The number of hydrogen-bond acceptors (Lipinski definition) is 18. The summed E-state index contributed by atoms with van der Waals surface area (Å²) in [5.74, 6) is -0.240. The summed E-state index contributed by atoms with van der Waals surface area (Å²) in [5, 5.41) is 121. The zero-order valence-corrected chi connectivity index (χ0v) is 57.7. The number of nitrogens with one attached hydrogen (secondary N) is 1. The number of amides is 1. The van der Waals surface area contributed by atoms with E-state index in [1.165, 1.54) is 180 Å². The van der Waals surface area contributed by atoms with Crippen LogP contribution in [0.2, 0.25) is 0 Å². The highest BCUT2D eigenvalue weighted by Crippen LogP contribution is 2.33. The van der Waals surface area contributed by atoms with E-state index in [0.717, 1.165) is 70.6 Å². The Morgan fingerprint density at radius 3 is 1.16 bits per heavy atom. The molecule has 0 aromatic heterocycles. The number of ether oxygens (including phenoxy) is 6. The van der Waals surface area contributed by atoms with Gasteiger partial charge in [-0.2, -0.15) is 0 Å². The van der Waals surface area contributed by atoms with Crippen LogP contribution in [0.5, 0.6) is 0 Å². The van der Waals surface area contributed by atoms with Crippen molar-refractivity contribution in [2.45, 2.75) is 388 Å². The number of hydrogen-bond donors (Lipinski definition) is 12. The first kappa shape index (κ1) is 85.0. The Balaban J connectivity index is 1.37. The van der Waals surface area contributed by atoms with Crippen LogP contribution in [0, 0.1) is 0 Å². The summed E-state index contributed by atoms with van der Waals surface area (Å²) in [4.78, 5) is 13.5. The summed E-state index contributed by atoms with van der Waals surface area (Å²) in [7, 11) is 0. The number of unbranched alkanes of at least 4 members (excludes halogenated alkanes) is 34. The molecule has 0 bridgehead atoms. The van der Waals surface area contributed by atoms with E-state index in [9.17, 15) is 61.0 Å². The van der Waals surface area contributed by atoms with Crippen molar-refractivity contribution in [3.63, 3.8) is 0 Å². The largest absolute Gasteiger partial charge is 0.394 e. The van der Waals surface area contributed by atoms with Crippen LogP contribution >= 0.6 is 0 Å². The van der Waals surface area contributed by atoms with E-state index >= 15 is 0 Å². The van der Waals surface area contributed by atoms with E-state index in [-0.39, 0.29) is 18.9 Å². The van der Waals surface area contributed by atoms with E-state index in [1.807, 2.05) is 0 Å². The molecule has 3 fully saturated rings. The average Bonchev–Trinajstić information content (AvgIpc) is 0.900. The SMILES string of the molecule is CC/C=C\C/C=C\C/C=C\C/C=C\CCCCCCCCCCCCCCCCCCCCC(=O)NC(COC1OC(CO)C(OC2OC(CO)C(OC3OC(CO)C(O)C(O)C3O)C(O)C2O)C(O)C1O)C(O)CCCCCCCCCCCCCCCCCCC. The standard InChI is InChI=1S/C74H135NO18/c1-3-5-7-9-11-13-15-17-19-21-22-23-24-25-26-27-28-29-30-31-32-33-34-36-38-40-42-44-46-48-50-52-62(80)75-57(58(79)51-49-47-45-43-41-39-37-35-20-18-16-14-12-10-8-6-4-2)56-88-72-68(86)65(83)70(60(54-77)90-72)93-74-69(87)66(84)71(61(55-78)91-74)92-73-67(85)64(82)63(81)59(53-76)89-73/h5,7,11,13,17,19,22-23,57-61,63-74,76-79,81-87H,3-4,6,8-10,12,14-16,18,20-21,24-56H2,1-2H3,(H,75,80)/b7-5-,13-11-,19-17-,23-22-. The van der Waals surface area contributed by atoms with Gasteiger partial charge in [-0.15, -0.1) is 0 Å². The Hall–Kier alpha value is -2.25. The fourth-order valence-electron chi connectivity index (χ4n) is 12.7. The van der Waals surface area contributed by atoms with E-state index in [1.54, 1.807) is 0 Å². The van der Waals surface area contributed by atoms with Gasteiger partial charge in [-0.3, -0.25) is 4.79 Å². The Morgan fingerprint density at radius 2 is 0.742 bits per heavy atom. The summed E-state index contributed by atoms with van der Waals surface area (Å²) < 4.78 is 34.5. The Morgan fingerprint density at radius 1 is 0.398 bits per heavy atom. The highest BCUT2D eigenvalue weighted by atomic mass is 16.8. The van der Waals surface area contributed by atoms with Crippen molar-refractivity contribution in [1.29, 1.82) is 0 Å². The number of carbonyl (C=O) groups is 1. The van der Waals surface area contributed by atoms with Crippen LogP contribution in [0.3, 0.4) is 0 Å². The van der Waals surface area contributed by atoms with E-state index in [0.29, 0.717) is 12.8 Å². The molecule has 19 heteroatoms. The minimum Gasteiger partial charge on any atom is -0.394 e. The molecular formula is C74H135NO18. The van der Waals surface area contributed by atoms with Gasteiger partial charge in [0.1, 0.15) is 73.2 Å². The Kier molecular flexibility index (Phi) is 50.8. The predicted octanol–water partition coefficient (Wildman–Crippen LogP) is 10.9. The second-order valence-electron chi connectivity index (χ2n) is 26.7. The molecule has 0 aromatic rings. The zero-order valence-electron chi connectivity index (χ0n) is 57.7. The number of rotatable bonds is 58. The summed E-state index contributed by atoms with van der Waals surface area (Å²) in [6, 6.07) is -0.887. The van der Waals surface area contributed by atoms with Crippen molar-refractivity contribution in [3.05, 3.63) is 48.6 Å². The van der Waals surface area contributed by atoms with Crippen molar-refractivity contribution in [1.82, 2.24) is 5.32 Å². The maximum Gasteiger partial charge on any atom is 0.220 e. The molecule has 544 valence electrons. The van der Waals surface area contributed by atoms with E-state index in [4.69, 9.17) is 28.4 Å². The van der Waals surface area contributed by atoms with Gasteiger partial charge in [-0.1, -0.05) is 274 Å². The summed E-state index contributed by atoms with van der Waals surface area (Å²) in [6.45, 7) is 1.72. The summed E-state index contributed by atoms with van der Waals surface area (Å²) in [5.41, 5.74) is 0. The van der Waals surface area contributed by atoms with Crippen LogP contribution in [0.4, 0.5) is 0 Å². The second kappa shape index (κ2) is 55.6. The van der Waals surface area contributed by atoms with Gasteiger partial charge in [0, 0.05) is 6.42 Å². The lowest BCUT2D eigenvalue weighted by Gasteiger charge is -2.48. The van der Waals surface area contributed by atoms with Gasteiger partial charge in [0.2, 0.25) is 5.91 Å². The number of aliphatic hydroxyl groups excluding tert-OH is 11. The molecule has 0 aromatic carbocycles. The molecule has 3 heterocycles. The van der Waals surface area contributed by atoms with Crippen LogP contribution in [-0.4, -0.2) is 193 Å². The van der Waals surface area contributed by atoms with E-state index < -0.39 is 124 Å². The lowest BCUT2D eigenvalue weighted by atomic mass is 9.96. The maximum absolute atomic E-state index is 13.5. The minimum absolute atomic E-state index is 0.240. The monoisotopic (exact) mass is 1330 g/mol. The Labute approximate surface area is 561 Å². The molecule has 3 rings (SSSR count). The fraction of sp³-hybridized carbons (Fsp3) is 0.878. The lowest BCUT2D eigenvalue weighted by molar-refractivity contribution is -0.379. The van der Waals surface area contributed by atoms with Crippen molar-refractivity contribution in [3.8, 4) is 0 Å². The quantitative estimate of drug-likeness (QED) is 0.0199. The lowest BCUT2D eigenvalue weighted by Crippen LogP contribution is -2.66. The van der Waals surface area contributed by atoms with Crippen LogP contribution in [0.1, 0.15) is 284 Å². The molecule has 1 amide bonds. The number of carbonyl (C=O) groups excluding carboxylic acids is 1. The molecule has 3 saturated heterocycles. The third-order valence-electron chi connectivity index (χ3n) is 18.7. The smallest absolute Gasteiger partial charge is 0.220 e. The van der Waals surface area contributed by atoms with Crippen molar-refractivity contribution in [2.75, 3.05) is 26.4 Å². The molecule has 0 saturated carbocycles. The minimum atomic E-state index is -1.97. The highest BCUT2D eigenvalue weighted by Gasteiger charge is 2.53. The van der Waals surface area contributed by atoms with Gasteiger partial charge in [0.25, 0.3) is 0 Å². The Bertz CT molecular complexity index is 1870. The molecule has 12 N–H and O–H groups in total. The third-order valence-corrected chi connectivity index (χ3v) is 18.7. The predicted molar refractivity (Wildman–Crippen MR) is 365 cm³/mol. The average molecular weight is 1330 g/mol. The van der Waals surface area contributed by atoms with Crippen molar-refractivity contribution < 1.29 is 89.4 Å². The van der Waals surface area contributed by atoms with Gasteiger partial charge in [0.15, 0.2) is 18.9 Å². The van der Waals surface area contributed by atoms with Crippen LogP contribution in [-0.2, 0) is 33.2 Å². The fourth-order valence-corrected chi connectivity index (χ4v) is 12.7. The third kappa shape index (κ3) is 37.0. The summed E-state index contributed by atoms with van der Waals surface area (Å²) >= 11 is 0. The maximum atomic E-state index is 13.5. The van der Waals surface area contributed by atoms with Gasteiger partial charge in [-0.25, -0.2) is 0 Å². The first-order chi connectivity index (χ1) is 45.3. The molecule has 3 aliphatic heterocycles. The molecule has 93 heavy (non-hydrogen) atoms. The summed E-state index contributed by atoms with van der Waals surface area (Å²) in [6.07, 6.45) is 40.5. The highest BCUT2D eigenvalue weighted by molar-refractivity contribution is 5.76. The molecule has 0 spiro atoms. The zero-order chi connectivity index (χ0) is 67.5. The molecule has 3 aliphatic rings. The van der Waals surface area contributed by atoms with Crippen molar-refractivity contribution >= 4 is 5.91 Å². The molecule has 17 unspecified atom stereocenters. The van der Waals surface area contributed by atoms with Gasteiger partial charge < -0.3 is 89.9 Å². The topological polar surface area (TPSA) is 307 Å². The van der Waals surface area contributed by atoms with E-state index in [2.05, 4.69) is 67.8 Å². The number of aliphatic hydroxyl groups is 11.